The molecule has 6 aromatic carbocycles. The van der Waals surface area contributed by atoms with Crippen LogP contribution in [0.2, 0.25) is 0 Å². The van der Waals surface area contributed by atoms with Crippen molar-refractivity contribution in [1.82, 2.24) is 9.97 Å². The zero-order valence-corrected chi connectivity index (χ0v) is 24.4. The Balaban J connectivity index is 1.20. The largest absolute Gasteiger partial charge is 0.456 e. The molecule has 0 N–H and O–H groups in total. The maximum atomic E-state index is 6.22. The number of thiophene rings is 1. The first-order chi connectivity index (χ1) is 21.8. The first-order valence-corrected chi connectivity index (χ1v) is 15.5. The van der Waals surface area contributed by atoms with Crippen LogP contribution < -0.4 is 0 Å². The van der Waals surface area contributed by atoms with E-state index in [9.17, 15) is 0 Å². The fourth-order valence-corrected chi connectivity index (χ4v) is 7.37. The Hall–Kier alpha value is -5.58. The quantitative estimate of drug-likeness (QED) is 0.208. The van der Waals surface area contributed by atoms with E-state index < -0.39 is 0 Å². The van der Waals surface area contributed by atoms with Gasteiger partial charge >= 0.3 is 0 Å². The topological polar surface area (TPSA) is 38.9 Å². The van der Waals surface area contributed by atoms with E-state index in [0.717, 1.165) is 61.4 Å². The summed E-state index contributed by atoms with van der Waals surface area (Å²) < 4.78 is 8.73. The van der Waals surface area contributed by atoms with Crippen molar-refractivity contribution in [3.8, 4) is 45.0 Å². The molecule has 0 aliphatic carbocycles. The number of furan rings is 1. The number of hydrogen-bond acceptors (Lipinski definition) is 4. The lowest BCUT2D eigenvalue weighted by molar-refractivity contribution is 0.669. The molecule has 0 radical (unpaired) electrons. The lowest BCUT2D eigenvalue weighted by atomic mass is 10.0. The van der Waals surface area contributed by atoms with Gasteiger partial charge in [-0.05, 0) is 53.6 Å². The van der Waals surface area contributed by atoms with Gasteiger partial charge in [-0.2, -0.15) is 0 Å². The van der Waals surface area contributed by atoms with E-state index in [1.807, 2.05) is 59.9 Å². The Bertz CT molecular complexity index is 2440. The van der Waals surface area contributed by atoms with Crippen molar-refractivity contribution in [3.05, 3.63) is 146 Å². The second-order valence-corrected chi connectivity index (χ2v) is 12.1. The molecule has 0 amide bonds. The molecule has 206 valence electrons. The highest BCUT2D eigenvalue weighted by atomic mass is 32.1. The second-order valence-electron chi connectivity index (χ2n) is 11.0. The van der Waals surface area contributed by atoms with Gasteiger partial charge in [0, 0.05) is 47.6 Å². The first kappa shape index (κ1) is 25.0. The molecule has 9 aromatic rings. The van der Waals surface area contributed by atoms with Crippen LogP contribution in [0, 0.1) is 0 Å². The van der Waals surface area contributed by atoms with Crippen LogP contribution in [0.15, 0.2) is 150 Å². The summed E-state index contributed by atoms with van der Waals surface area (Å²) in [5, 5.41) is 4.74. The van der Waals surface area contributed by atoms with Crippen LogP contribution in [0.3, 0.4) is 0 Å². The molecule has 3 heterocycles. The second kappa shape index (κ2) is 10.0. The van der Waals surface area contributed by atoms with Gasteiger partial charge in [0.2, 0.25) is 0 Å². The van der Waals surface area contributed by atoms with Gasteiger partial charge in [0.15, 0.2) is 5.82 Å². The van der Waals surface area contributed by atoms with E-state index in [1.54, 1.807) is 0 Å². The molecule has 9 rings (SSSR count). The molecule has 0 saturated carbocycles. The summed E-state index contributed by atoms with van der Waals surface area (Å²) in [5.41, 5.74) is 9.15. The molecule has 0 atom stereocenters. The van der Waals surface area contributed by atoms with Crippen molar-refractivity contribution < 1.29 is 4.42 Å². The zero-order valence-electron chi connectivity index (χ0n) is 23.6. The van der Waals surface area contributed by atoms with Gasteiger partial charge in [0.1, 0.15) is 11.2 Å². The lowest BCUT2D eigenvalue weighted by Crippen LogP contribution is -1.95. The van der Waals surface area contributed by atoms with Crippen molar-refractivity contribution in [1.29, 1.82) is 0 Å². The maximum absolute atomic E-state index is 6.22. The number of benzene rings is 6. The van der Waals surface area contributed by atoms with E-state index in [4.69, 9.17) is 14.4 Å². The Morgan fingerprint density at radius 2 is 1.09 bits per heavy atom. The predicted octanol–water partition coefficient (Wildman–Crippen LogP) is 11.4. The average molecular weight is 581 g/mol. The van der Waals surface area contributed by atoms with Crippen molar-refractivity contribution in [3.63, 3.8) is 0 Å². The summed E-state index contributed by atoms with van der Waals surface area (Å²) in [4.78, 5) is 10.1. The van der Waals surface area contributed by atoms with Crippen LogP contribution in [0.25, 0.3) is 87.1 Å². The fourth-order valence-electron chi connectivity index (χ4n) is 6.15. The van der Waals surface area contributed by atoms with E-state index in [-0.39, 0.29) is 0 Å². The number of nitrogens with zero attached hydrogens (tertiary/aromatic N) is 2. The van der Waals surface area contributed by atoms with Gasteiger partial charge in [0.05, 0.1) is 11.4 Å². The van der Waals surface area contributed by atoms with E-state index in [1.165, 1.54) is 25.7 Å². The van der Waals surface area contributed by atoms with Crippen LogP contribution in [0.4, 0.5) is 0 Å². The SMILES string of the molecule is c1ccc(-c2cc(-c3ccccc3)nc(-c3ccc4sc5c(-c6ccc7c(c6)oc6ccccc67)cccc5c4c3)n2)cc1. The predicted molar refractivity (Wildman–Crippen MR) is 184 cm³/mol. The molecule has 0 aliphatic rings. The minimum Gasteiger partial charge on any atom is -0.456 e. The van der Waals surface area contributed by atoms with Crippen LogP contribution in [0.1, 0.15) is 0 Å². The third kappa shape index (κ3) is 4.11. The lowest BCUT2D eigenvalue weighted by Gasteiger charge is -2.09. The van der Waals surface area contributed by atoms with Crippen LogP contribution >= 0.6 is 11.3 Å². The molecule has 0 spiro atoms. The number of fused-ring (bicyclic) bond motifs is 6. The standard InChI is InChI=1S/C40H24N2OS/c1-3-10-25(11-4-1)34-24-35(26-12-5-2-6-13-26)42-40(41-34)28-19-21-38-33(22-28)32-16-9-15-29(39(32)44-38)27-18-20-31-30-14-7-8-17-36(30)43-37(31)23-27/h1-24H. The summed E-state index contributed by atoms with van der Waals surface area (Å²) in [6.07, 6.45) is 0. The Morgan fingerprint density at radius 3 is 1.86 bits per heavy atom. The van der Waals surface area contributed by atoms with Gasteiger partial charge in [0.25, 0.3) is 0 Å². The summed E-state index contributed by atoms with van der Waals surface area (Å²) in [6, 6.07) is 50.7. The molecular weight excluding hydrogens is 557 g/mol. The van der Waals surface area contributed by atoms with E-state index >= 15 is 0 Å². The van der Waals surface area contributed by atoms with Gasteiger partial charge in [-0.25, -0.2) is 9.97 Å². The molecule has 0 bridgehead atoms. The van der Waals surface area contributed by atoms with Gasteiger partial charge in [-0.1, -0.05) is 103 Å². The zero-order chi connectivity index (χ0) is 29.0. The molecule has 3 aromatic heterocycles. The maximum Gasteiger partial charge on any atom is 0.160 e. The van der Waals surface area contributed by atoms with Crippen molar-refractivity contribution in [2.75, 3.05) is 0 Å². The highest BCUT2D eigenvalue weighted by molar-refractivity contribution is 7.26. The fraction of sp³-hybridized carbons (Fsp3) is 0. The minimum atomic E-state index is 0.720. The smallest absolute Gasteiger partial charge is 0.160 e. The monoisotopic (exact) mass is 580 g/mol. The van der Waals surface area contributed by atoms with Crippen LogP contribution in [-0.4, -0.2) is 9.97 Å². The number of rotatable bonds is 4. The summed E-state index contributed by atoms with van der Waals surface area (Å²) in [7, 11) is 0. The van der Waals surface area contributed by atoms with Gasteiger partial charge in [-0.3, -0.25) is 0 Å². The first-order valence-electron chi connectivity index (χ1n) is 14.7. The molecule has 4 heteroatoms. The Kier molecular flexibility index (Phi) is 5.68. The van der Waals surface area contributed by atoms with Gasteiger partial charge < -0.3 is 4.42 Å². The molecule has 3 nitrogen and oxygen atoms in total. The number of hydrogen-bond donors (Lipinski definition) is 0. The summed E-state index contributed by atoms with van der Waals surface area (Å²) >= 11 is 1.83. The van der Waals surface area contributed by atoms with Crippen molar-refractivity contribution >= 4 is 53.4 Å². The summed E-state index contributed by atoms with van der Waals surface area (Å²) in [6.45, 7) is 0. The van der Waals surface area contributed by atoms with Gasteiger partial charge in [-0.15, -0.1) is 11.3 Å². The van der Waals surface area contributed by atoms with E-state index in [0.29, 0.717) is 0 Å². The average Bonchev–Trinajstić information content (AvgIpc) is 3.66. The Morgan fingerprint density at radius 1 is 0.432 bits per heavy atom. The highest BCUT2D eigenvalue weighted by Gasteiger charge is 2.16. The molecular formula is C40H24N2OS. The third-order valence-corrected chi connectivity index (χ3v) is 9.53. The van der Waals surface area contributed by atoms with Crippen LogP contribution in [0.5, 0.6) is 0 Å². The summed E-state index contributed by atoms with van der Waals surface area (Å²) in [5.74, 6) is 0.720. The van der Waals surface area contributed by atoms with Crippen molar-refractivity contribution in [2.45, 2.75) is 0 Å². The normalized spacial score (nSPS) is 11.6. The Labute approximate surface area is 257 Å². The highest BCUT2D eigenvalue weighted by Crippen LogP contribution is 2.42. The molecule has 44 heavy (non-hydrogen) atoms. The van der Waals surface area contributed by atoms with Crippen LogP contribution in [-0.2, 0) is 0 Å². The number of para-hydroxylation sites is 1. The molecule has 0 unspecified atom stereocenters. The molecule has 0 saturated heterocycles. The molecule has 0 aliphatic heterocycles. The molecule has 0 fully saturated rings. The minimum absolute atomic E-state index is 0.720. The third-order valence-electron chi connectivity index (χ3n) is 8.31. The van der Waals surface area contributed by atoms with Crippen molar-refractivity contribution in [2.24, 2.45) is 0 Å². The van der Waals surface area contributed by atoms with E-state index in [2.05, 4.69) is 97.1 Å². The number of aromatic nitrogens is 2.